The minimum atomic E-state index is -2.09. The van der Waals surface area contributed by atoms with Crippen molar-refractivity contribution >= 4 is 17.7 Å². The van der Waals surface area contributed by atoms with Gasteiger partial charge in [0.1, 0.15) is 0 Å². The van der Waals surface area contributed by atoms with E-state index in [0.717, 1.165) is 23.2 Å². The molecule has 110 valence electrons. The molecule has 3 aromatic carbocycles. The highest BCUT2D eigenvalue weighted by Gasteiger charge is 2.21. The van der Waals surface area contributed by atoms with Crippen LogP contribution in [0, 0.1) is 5.16 Å². The second-order valence-electron chi connectivity index (χ2n) is 5.44. The molecule has 0 amide bonds. The largest absolute Gasteiger partial charge is 0.309 e. The highest BCUT2D eigenvalue weighted by molar-refractivity contribution is 7.79. The van der Waals surface area contributed by atoms with E-state index in [4.69, 9.17) is 0 Å². The van der Waals surface area contributed by atoms with E-state index < -0.39 is 7.05 Å². The molecule has 3 rings (SSSR count). The van der Waals surface area contributed by atoms with E-state index >= 15 is 0 Å². The molecule has 0 unspecified atom stereocenters. The number of hydrogen-bond donors (Lipinski definition) is 1. The molecule has 2 heteroatoms. The van der Waals surface area contributed by atoms with Crippen molar-refractivity contribution < 1.29 is 0 Å². The minimum Gasteiger partial charge on any atom is -0.309 e. The zero-order valence-electron chi connectivity index (χ0n) is 12.5. The van der Waals surface area contributed by atoms with Crippen molar-refractivity contribution in [3.05, 3.63) is 96.6 Å². The van der Waals surface area contributed by atoms with Gasteiger partial charge in [-0.15, -0.1) is 0 Å². The van der Waals surface area contributed by atoms with Crippen LogP contribution in [0.5, 0.6) is 0 Å². The average molecular weight is 305 g/mol. The fourth-order valence-electron chi connectivity index (χ4n) is 2.71. The molecule has 0 aliphatic carbocycles. The number of rotatable bonds is 5. The Morgan fingerprint density at radius 3 is 1.45 bits per heavy atom. The Morgan fingerprint density at radius 1 is 0.591 bits per heavy atom. The highest BCUT2D eigenvalue weighted by atomic mass is 31.2. The van der Waals surface area contributed by atoms with E-state index in [0.29, 0.717) is 0 Å². The van der Waals surface area contributed by atoms with Gasteiger partial charge in [0, 0.05) is 7.05 Å². The van der Waals surface area contributed by atoms with Crippen LogP contribution in [0.4, 0.5) is 0 Å². The summed E-state index contributed by atoms with van der Waals surface area (Å²) in [6, 6.07) is 31.2. The first-order valence-electron chi connectivity index (χ1n) is 7.57. The monoisotopic (exact) mass is 305 g/mol. The maximum atomic E-state index is 9.26. The highest BCUT2D eigenvalue weighted by Crippen LogP contribution is 2.44. The lowest BCUT2D eigenvalue weighted by atomic mass is 10.2. The molecule has 0 bridgehead atoms. The van der Waals surface area contributed by atoms with Crippen molar-refractivity contribution in [1.82, 2.24) is 0 Å². The van der Waals surface area contributed by atoms with Crippen LogP contribution in [0.3, 0.4) is 0 Å². The predicted molar refractivity (Wildman–Crippen MR) is 96.8 cm³/mol. The van der Waals surface area contributed by atoms with Gasteiger partial charge in [-0.05, 0) is 28.8 Å². The summed E-state index contributed by atoms with van der Waals surface area (Å²) in [6.07, 6.45) is 1.83. The summed E-state index contributed by atoms with van der Waals surface area (Å²) in [6.45, 7) is 0. The van der Waals surface area contributed by atoms with Gasteiger partial charge in [0.25, 0.3) is 0 Å². The molecule has 1 nitrogen and oxygen atoms in total. The summed E-state index contributed by atoms with van der Waals surface area (Å²) in [7, 11) is -2.09. The lowest BCUT2D eigenvalue weighted by molar-refractivity contribution is 1.14. The quantitative estimate of drug-likeness (QED) is 0.663. The topological polar surface area (TPSA) is 23.9 Å². The van der Waals surface area contributed by atoms with Crippen LogP contribution in [0.15, 0.2) is 91.0 Å². The average Bonchev–Trinajstić information content (AvgIpc) is 2.62. The van der Waals surface area contributed by atoms with Gasteiger partial charge < -0.3 is 5.16 Å². The summed E-state index contributed by atoms with van der Waals surface area (Å²) in [5, 5.41) is 11.6. The molecule has 0 radical (unpaired) electrons. The molecule has 0 atom stereocenters. The van der Waals surface area contributed by atoms with E-state index in [1.807, 2.05) is 42.5 Å². The normalized spacial score (nSPS) is 11.3. The molecule has 0 fully saturated rings. The van der Waals surface area contributed by atoms with Crippen molar-refractivity contribution in [3.8, 4) is 0 Å². The molecule has 0 saturated carbocycles. The molecule has 0 spiro atoms. The first-order chi connectivity index (χ1) is 10.8. The third-order valence-electron chi connectivity index (χ3n) is 3.97. The number of hydrogen-bond acceptors (Lipinski definition) is 1. The fraction of sp³-hybridized carbons (Fsp3) is 0.100. The van der Waals surface area contributed by atoms with Crippen molar-refractivity contribution in [3.63, 3.8) is 0 Å². The number of aryl methyl sites for hydroxylation is 1. The van der Waals surface area contributed by atoms with Crippen molar-refractivity contribution in [1.29, 1.82) is 5.16 Å². The Bertz CT molecular complexity index is 708. The van der Waals surface area contributed by atoms with Gasteiger partial charge in [0.2, 0.25) is 0 Å². The van der Waals surface area contributed by atoms with E-state index in [-0.39, 0.29) is 0 Å². The summed E-state index contributed by atoms with van der Waals surface area (Å²) in [4.78, 5) is 0. The van der Waals surface area contributed by atoms with Crippen LogP contribution in [0.25, 0.3) is 0 Å². The molecule has 22 heavy (non-hydrogen) atoms. The van der Waals surface area contributed by atoms with Gasteiger partial charge in [-0.1, -0.05) is 91.0 Å². The summed E-state index contributed by atoms with van der Waals surface area (Å²) in [5.74, 6) is 0. The second-order valence-corrected chi connectivity index (χ2v) is 8.54. The first-order valence-corrected chi connectivity index (χ1v) is 9.55. The third-order valence-corrected chi connectivity index (χ3v) is 7.23. The molecule has 0 aromatic heterocycles. The summed E-state index contributed by atoms with van der Waals surface area (Å²) in [5.41, 5.74) is 1.31. The summed E-state index contributed by atoms with van der Waals surface area (Å²) < 4.78 is 0. The van der Waals surface area contributed by atoms with E-state index in [1.165, 1.54) is 5.56 Å². The van der Waals surface area contributed by atoms with Crippen LogP contribution in [0.2, 0.25) is 0 Å². The Labute approximate surface area is 132 Å². The van der Waals surface area contributed by atoms with Gasteiger partial charge in [-0.3, -0.25) is 0 Å². The Balaban J connectivity index is 1.95. The number of benzene rings is 3. The minimum absolute atomic E-state index is 0.880. The standard InChI is InChI=1S/C20H20NP/c21-22(19-12-6-2-7-13-19,20-14-8-3-9-15-20)17-16-18-10-4-1-5-11-18/h1-15,21H,16-17H2. The zero-order chi connectivity index (χ0) is 15.3. The molecule has 1 N–H and O–H groups in total. The summed E-state index contributed by atoms with van der Waals surface area (Å²) >= 11 is 0. The van der Waals surface area contributed by atoms with Crippen LogP contribution in [-0.2, 0) is 6.42 Å². The van der Waals surface area contributed by atoms with Crippen molar-refractivity contribution in [2.24, 2.45) is 0 Å². The SMILES string of the molecule is N=P(CCc1ccccc1)(c1ccccc1)c1ccccc1. The maximum absolute atomic E-state index is 9.26. The molecular weight excluding hydrogens is 285 g/mol. The fourth-order valence-corrected chi connectivity index (χ4v) is 5.48. The van der Waals surface area contributed by atoms with Gasteiger partial charge in [0.05, 0.1) is 0 Å². The van der Waals surface area contributed by atoms with Crippen LogP contribution < -0.4 is 10.6 Å². The van der Waals surface area contributed by atoms with Gasteiger partial charge in [0.15, 0.2) is 0 Å². The Hall–Kier alpha value is -2.11. The van der Waals surface area contributed by atoms with Crippen LogP contribution >= 0.6 is 7.05 Å². The van der Waals surface area contributed by atoms with Crippen molar-refractivity contribution in [2.75, 3.05) is 6.16 Å². The van der Waals surface area contributed by atoms with Gasteiger partial charge >= 0.3 is 0 Å². The molecule has 0 aliphatic rings. The first kappa shape index (κ1) is 14.8. The maximum Gasteiger partial charge on any atom is 0.0241 e. The third kappa shape index (κ3) is 3.21. The lowest BCUT2D eigenvalue weighted by Crippen LogP contribution is -2.18. The lowest BCUT2D eigenvalue weighted by Gasteiger charge is -2.23. The Kier molecular flexibility index (Phi) is 4.56. The molecule has 0 heterocycles. The Morgan fingerprint density at radius 2 is 1.00 bits per heavy atom. The van der Waals surface area contributed by atoms with E-state index in [2.05, 4.69) is 48.5 Å². The molecule has 0 saturated heterocycles. The zero-order valence-corrected chi connectivity index (χ0v) is 13.4. The van der Waals surface area contributed by atoms with Gasteiger partial charge in [-0.25, -0.2) is 0 Å². The molecule has 3 aromatic rings. The van der Waals surface area contributed by atoms with Gasteiger partial charge in [-0.2, -0.15) is 0 Å². The smallest absolute Gasteiger partial charge is 0.0241 e. The van der Waals surface area contributed by atoms with E-state index in [1.54, 1.807) is 0 Å². The predicted octanol–water partition coefficient (Wildman–Crippen LogP) is 4.66. The van der Waals surface area contributed by atoms with Crippen LogP contribution in [0.1, 0.15) is 5.56 Å². The molecular formula is C20H20NP. The second kappa shape index (κ2) is 6.77. The number of nitrogens with one attached hydrogen (secondary N) is 1. The molecule has 0 aliphatic heterocycles. The van der Waals surface area contributed by atoms with Crippen molar-refractivity contribution in [2.45, 2.75) is 6.42 Å². The van der Waals surface area contributed by atoms with E-state index in [9.17, 15) is 5.16 Å². The van der Waals surface area contributed by atoms with Crippen LogP contribution in [-0.4, -0.2) is 6.16 Å².